The van der Waals surface area contributed by atoms with Crippen LogP contribution in [0.4, 0.5) is 0 Å². The van der Waals surface area contributed by atoms with Crippen molar-refractivity contribution in [3.05, 3.63) is 47.8 Å². The van der Waals surface area contributed by atoms with Crippen LogP contribution in [-0.4, -0.2) is 5.78 Å². The molecule has 0 aromatic carbocycles. The first kappa shape index (κ1) is 8.81. The minimum Gasteiger partial charge on any atom is -0.472 e. The SMILES string of the molecule is Cc1cc(C(=O)Cc2ccoc2)co1. The molecule has 0 radical (unpaired) electrons. The molecule has 0 saturated carbocycles. The summed E-state index contributed by atoms with van der Waals surface area (Å²) in [6.07, 6.45) is 4.97. The number of Topliss-reactive ketones (excluding diaryl/α,β-unsaturated/α-hetero) is 1. The number of carbonyl (C=O) groups is 1. The van der Waals surface area contributed by atoms with E-state index in [4.69, 9.17) is 8.83 Å². The van der Waals surface area contributed by atoms with E-state index in [-0.39, 0.29) is 5.78 Å². The lowest BCUT2D eigenvalue weighted by atomic mass is 10.1. The van der Waals surface area contributed by atoms with Gasteiger partial charge in [-0.25, -0.2) is 0 Å². The Balaban J connectivity index is 2.10. The van der Waals surface area contributed by atoms with Gasteiger partial charge in [-0.1, -0.05) is 0 Å². The number of rotatable bonds is 3. The van der Waals surface area contributed by atoms with Crippen LogP contribution in [0.3, 0.4) is 0 Å². The molecular formula is C11H10O3. The van der Waals surface area contributed by atoms with Gasteiger partial charge in [0.2, 0.25) is 0 Å². The average molecular weight is 190 g/mol. The summed E-state index contributed by atoms with van der Waals surface area (Å²) in [4.78, 5) is 11.6. The van der Waals surface area contributed by atoms with Crippen molar-refractivity contribution in [1.29, 1.82) is 0 Å². The first-order valence-electron chi connectivity index (χ1n) is 4.35. The van der Waals surface area contributed by atoms with Crippen molar-refractivity contribution in [2.24, 2.45) is 0 Å². The molecule has 0 amide bonds. The summed E-state index contributed by atoms with van der Waals surface area (Å²) >= 11 is 0. The molecule has 72 valence electrons. The Morgan fingerprint density at radius 1 is 1.43 bits per heavy atom. The van der Waals surface area contributed by atoms with Crippen LogP contribution in [0.2, 0.25) is 0 Å². The monoisotopic (exact) mass is 190 g/mol. The highest BCUT2D eigenvalue weighted by Gasteiger charge is 2.09. The fourth-order valence-electron chi connectivity index (χ4n) is 1.27. The lowest BCUT2D eigenvalue weighted by Crippen LogP contribution is -2.00. The van der Waals surface area contributed by atoms with Gasteiger partial charge in [-0.3, -0.25) is 4.79 Å². The molecule has 0 aliphatic heterocycles. The molecule has 0 aliphatic carbocycles. The normalized spacial score (nSPS) is 10.4. The van der Waals surface area contributed by atoms with Crippen molar-refractivity contribution < 1.29 is 13.6 Å². The highest BCUT2D eigenvalue weighted by Crippen LogP contribution is 2.11. The number of carbonyl (C=O) groups excluding carboxylic acids is 1. The summed E-state index contributed by atoms with van der Waals surface area (Å²) in [5.41, 5.74) is 1.50. The van der Waals surface area contributed by atoms with Crippen LogP contribution >= 0.6 is 0 Å². The summed E-state index contributed by atoms with van der Waals surface area (Å²) in [6.45, 7) is 1.81. The second kappa shape index (κ2) is 3.54. The zero-order valence-electron chi connectivity index (χ0n) is 7.82. The van der Waals surface area contributed by atoms with Gasteiger partial charge in [0.1, 0.15) is 12.0 Å². The number of aryl methyl sites for hydroxylation is 1. The molecule has 0 atom stereocenters. The molecule has 0 N–H and O–H groups in total. The van der Waals surface area contributed by atoms with Gasteiger partial charge in [0.15, 0.2) is 5.78 Å². The molecule has 14 heavy (non-hydrogen) atoms. The van der Waals surface area contributed by atoms with Gasteiger partial charge in [0.05, 0.1) is 18.1 Å². The van der Waals surface area contributed by atoms with Crippen molar-refractivity contribution in [2.45, 2.75) is 13.3 Å². The molecule has 2 heterocycles. The average Bonchev–Trinajstić information content (AvgIpc) is 2.75. The third-order valence-electron chi connectivity index (χ3n) is 2.00. The van der Waals surface area contributed by atoms with E-state index < -0.39 is 0 Å². The van der Waals surface area contributed by atoms with E-state index in [2.05, 4.69) is 0 Å². The van der Waals surface area contributed by atoms with Gasteiger partial charge in [0.25, 0.3) is 0 Å². The van der Waals surface area contributed by atoms with Crippen LogP contribution in [0.1, 0.15) is 21.7 Å². The van der Waals surface area contributed by atoms with E-state index in [0.29, 0.717) is 12.0 Å². The number of hydrogen-bond donors (Lipinski definition) is 0. The Bertz CT molecular complexity index is 423. The molecule has 2 aromatic rings. The molecular weight excluding hydrogens is 180 g/mol. The van der Waals surface area contributed by atoms with E-state index in [9.17, 15) is 4.79 Å². The zero-order chi connectivity index (χ0) is 9.97. The Morgan fingerprint density at radius 3 is 2.86 bits per heavy atom. The van der Waals surface area contributed by atoms with E-state index >= 15 is 0 Å². The molecule has 2 aromatic heterocycles. The number of hydrogen-bond acceptors (Lipinski definition) is 3. The molecule has 3 heteroatoms. The molecule has 3 nitrogen and oxygen atoms in total. The highest BCUT2D eigenvalue weighted by molar-refractivity contribution is 5.97. The topological polar surface area (TPSA) is 43.4 Å². The van der Waals surface area contributed by atoms with E-state index in [1.54, 1.807) is 24.7 Å². The van der Waals surface area contributed by atoms with Crippen LogP contribution in [0.25, 0.3) is 0 Å². The van der Waals surface area contributed by atoms with E-state index in [1.807, 2.05) is 6.92 Å². The predicted octanol–water partition coefficient (Wildman–Crippen LogP) is 2.61. The van der Waals surface area contributed by atoms with Crippen LogP contribution in [-0.2, 0) is 6.42 Å². The molecule has 0 aliphatic rings. The minimum atomic E-state index is 0.0447. The lowest BCUT2D eigenvalue weighted by Gasteiger charge is -1.92. The Morgan fingerprint density at radius 2 is 2.29 bits per heavy atom. The summed E-state index contributed by atoms with van der Waals surface area (Å²) in [5.74, 6) is 0.795. The van der Waals surface area contributed by atoms with Crippen LogP contribution in [0.15, 0.2) is 39.8 Å². The molecule has 0 fully saturated rings. The summed E-state index contributed by atoms with van der Waals surface area (Å²) < 4.78 is 9.94. The fourth-order valence-corrected chi connectivity index (χ4v) is 1.27. The van der Waals surface area contributed by atoms with E-state index in [1.165, 1.54) is 6.26 Å². The van der Waals surface area contributed by atoms with Crippen LogP contribution in [0, 0.1) is 6.92 Å². The van der Waals surface area contributed by atoms with Gasteiger partial charge in [0, 0.05) is 6.42 Å². The standard InChI is InChI=1S/C11H10O3/c1-8-4-10(7-14-8)11(12)5-9-2-3-13-6-9/h2-4,6-7H,5H2,1H3. The molecule has 0 saturated heterocycles. The first-order chi connectivity index (χ1) is 6.75. The van der Waals surface area contributed by atoms with Crippen molar-refractivity contribution in [3.63, 3.8) is 0 Å². The van der Waals surface area contributed by atoms with Crippen molar-refractivity contribution >= 4 is 5.78 Å². The largest absolute Gasteiger partial charge is 0.472 e. The second-order valence-corrected chi connectivity index (χ2v) is 3.18. The number of furan rings is 2. The maximum absolute atomic E-state index is 11.6. The first-order valence-corrected chi connectivity index (χ1v) is 4.35. The summed E-state index contributed by atoms with van der Waals surface area (Å²) in [5, 5.41) is 0. The fraction of sp³-hybridized carbons (Fsp3) is 0.182. The van der Waals surface area contributed by atoms with Crippen LogP contribution < -0.4 is 0 Å². The third kappa shape index (κ3) is 1.76. The maximum Gasteiger partial charge on any atom is 0.170 e. The van der Waals surface area contributed by atoms with Gasteiger partial charge in [-0.15, -0.1) is 0 Å². The molecule has 0 bridgehead atoms. The molecule has 2 rings (SSSR count). The minimum absolute atomic E-state index is 0.0447. The lowest BCUT2D eigenvalue weighted by molar-refractivity contribution is 0.0992. The summed E-state index contributed by atoms with van der Waals surface area (Å²) in [6, 6.07) is 3.52. The Labute approximate surface area is 81.3 Å². The maximum atomic E-state index is 11.6. The van der Waals surface area contributed by atoms with Gasteiger partial charge >= 0.3 is 0 Å². The third-order valence-corrected chi connectivity index (χ3v) is 2.00. The second-order valence-electron chi connectivity index (χ2n) is 3.18. The Hall–Kier alpha value is -1.77. The van der Waals surface area contributed by atoms with Gasteiger partial charge in [-0.05, 0) is 24.6 Å². The van der Waals surface area contributed by atoms with Gasteiger partial charge in [-0.2, -0.15) is 0 Å². The summed E-state index contributed by atoms with van der Waals surface area (Å²) in [7, 11) is 0. The molecule has 0 spiro atoms. The van der Waals surface area contributed by atoms with Crippen LogP contribution in [0.5, 0.6) is 0 Å². The van der Waals surface area contributed by atoms with Crippen molar-refractivity contribution in [3.8, 4) is 0 Å². The van der Waals surface area contributed by atoms with E-state index in [0.717, 1.165) is 11.3 Å². The number of ketones is 1. The molecule has 0 unspecified atom stereocenters. The van der Waals surface area contributed by atoms with Gasteiger partial charge < -0.3 is 8.83 Å². The smallest absolute Gasteiger partial charge is 0.170 e. The zero-order valence-corrected chi connectivity index (χ0v) is 7.82. The quantitative estimate of drug-likeness (QED) is 0.698. The predicted molar refractivity (Wildman–Crippen MR) is 50.2 cm³/mol. The van der Waals surface area contributed by atoms with Crippen molar-refractivity contribution in [1.82, 2.24) is 0 Å². The highest BCUT2D eigenvalue weighted by atomic mass is 16.3. The Kier molecular flexibility index (Phi) is 2.23. The van der Waals surface area contributed by atoms with Crippen molar-refractivity contribution in [2.75, 3.05) is 0 Å².